The minimum absolute atomic E-state index is 0.0791. The Balaban J connectivity index is 2.10. The lowest BCUT2D eigenvalue weighted by molar-refractivity contribution is 0.0696. The van der Waals surface area contributed by atoms with Gasteiger partial charge < -0.3 is 20.8 Å². The number of hydrogen-bond acceptors (Lipinski definition) is 3. The van der Waals surface area contributed by atoms with Crippen LogP contribution in [0.3, 0.4) is 0 Å². The molecule has 2 aromatic carbocycles. The predicted octanol–water partition coefficient (Wildman–Crippen LogP) is 3.39. The van der Waals surface area contributed by atoms with Gasteiger partial charge in [-0.25, -0.2) is 9.59 Å². The molecule has 21 heavy (non-hydrogen) atoms. The van der Waals surface area contributed by atoms with E-state index in [1.165, 1.54) is 12.1 Å². The summed E-state index contributed by atoms with van der Waals surface area (Å²) in [4.78, 5) is 22.5. The van der Waals surface area contributed by atoms with E-state index in [4.69, 9.17) is 16.7 Å². The van der Waals surface area contributed by atoms with Gasteiger partial charge in [0, 0.05) is 0 Å². The van der Waals surface area contributed by atoms with Gasteiger partial charge in [0.25, 0.3) is 0 Å². The van der Waals surface area contributed by atoms with Crippen LogP contribution in [0.1, 0.15) is 10.4 Å². The zero-order chi connectivity index (χ0) is 15.4. The van der Waals surface area contributed by atoms with E-state index in [1.807, 2.05) is 0 Å². The van der Waals surface area contributed by atoms with Gasteiger partial charge in [0.15, 0.2) is 0 Å². The molecule has 0 spiro atoms. The van der Waals surface area contributed by atoms with Crippen LogP contribution in [0.15, 0.2) is 42.5 Å². The molecule has 0 saturated carbocycles. The van der Waals surface area contributed by atoms with Gasteiger partial charge in [0.1, 0.15) is 5.75 Å². The van der Waals surface area contributed by atoms with Gasteiger partial charge in [-0.1, -0.05) is 23.7 Å². The number of nitrogens with one attached hydrogen (secondary N) is 2. The number of carboxylic acids is 1. The summed E-state index contributed by atoms with van der Waals surface area (Å²) in [7, 11) is 0. The fourth-order valence-electron chi connectivity index (χ4n) is 1.61. The zero-order valence-corrected chi connectivity index (χ0v) is 11.4. The third kappa shape index (κ3) is 3.64. The minimum atomic E-state index is -1.17. The van der Waals surface area contributed by atoms with Crippen LogP contribution >= 0.6 is 11.6 Å². The van der Waals surface area contributed by atoms with E-state index < -0.39 is 12.0 Å². The average molecular weight is 307 g/mol. The van der Waals surface area contributed by atoms with Crippen LogP contribution in [0.25, 0.3) is 0 Å². The van der Waals surface area contributed by atoms with E-state index in [9.17, 15) is 14.7 Å². The molecule has 6 nitrogen and oxygen atoms in total. The second kappa shape index (κ2) is 6.15. The fourth-order valence-corrected chi connectivity index (χ4v) is 1.79. The molecule has 0 heterocycles. The van der Waals surface area contributed by atoms with Gasteiger partial charge in [0.2, 0.25) is 0 Å². The molecule has 2 rings (SSSR count). The molecule has 2 amide bonds. The Hall–Kier alpha value is -2.73. The molecule has 0 bridgehead atoms. The third-order valence-electron chi connectivity index (χ3n) is 2.61. The van der Waals surface area contributed by atoms with Gasteiger partial charge in [-0.05, 0) is 30.3 Å². The average Bonchev–Trinajstić information content (AvgIpc) is 2.43. The number of para-hydroxylation sites is 1. The molecule has 108 valence electrons. The molecular weight excluding hydrogens is 296 g/mol. The number of aromatic hydroxyl groups is 1. The van der Waals surface area contributed by atoms with Crippen molar-refractivity contribution < 1.29 is 19.8 Å². The molecule has 0 atom stereocenters. The molecule has 7 heteroatoms. The van der Waals surface area contributed by atoms with E-state index >= 15 is 0 Å². The van der Waals surface area contributed by atoms with Gasteiger partial charge in [0.05, 0.1) is 22.0 Å². The van der Waals surface area contributed by atoms with E-state index in [-0.39, 0.29) is 17.0 Å². The summed E-state index contributed by atoms with van der Waals surface area (Å²) in [5, 5.41) is 23.7. The number of rotatable bonds is 3. The van der Waals surface area contributed by atoms with Gasteiger partial charge in [-0.15, -0.1) is 0 Å². The quantitative estimate of drug-likeness (QED) is 0.653. The maximum absolute atomic E-state index is 11.8. The van der Waals surface area contributed by atoms with Gasteiger partial charge in [-0.3, -0.25) is 0 Å². The molecular formula is C14H11ClN2O4. The van der Waals surface area contributed by atoms with Crippen LogP contribution in [0.2, 0.25) is 5.02 Å². The van der Waals surface area contributed by atoms with Crippen molar-refractivity contribution in [3.05, 3.63) is 53.1 Å². The first-order valence-corrected chi connectivity index (χ1v) is 6.24. The molecule has 0 aliphatic heterocycles. The Labute approximate surface area is 125 Å². The predicted molar refractivity (Wildman–Crippen MR) is 79.2 cm³/mol. The summed E-state index contributed by atoms with van der Waals surface area (Å²) >= 11 is 5.90. The van der Waals surface area contributed by atoms with E-state index in [0.29, 0.717) is 10.7 Å². The number of urea groups is 1. The first kappa shape index (κ1) is 14.7. The summed E-state index contributed by atoms with van der Waals surface area (Å²) in [6.07, 6.45) is 0. The number of phenolic OH excluding ortho intramolecular Hbond substituents is 1. The molecule has 0 aliphatic rings. The van der Waals surface area contributed by atoms with Crippen molar-refractivity contribution in [2.24, 2.45) is 0 Å². The minimum Gasteiger partial charge on any atom is -0.506 e. The van der Waals surface area contributed by atoms with Crippen molar-refractivity contribution in [1.82, 2.24) is 0 Å². The number of hydrogen-bond donors (Lipinski definition) is 4. The maximum Gasteiger partial charge on any atom is 0.335 e. The number of carbonyl (C=O) groups excluding carboxylic acids is 1. The Bertz CT molecular complexity index is 703. The Morgan fingerprint density at radius 2 is 1.67 bits per heavy atom. The fraction of sp³-hybridized carbons (Fsp3) is 0. The highest BCUT2D eigenvalue weighted by atomic mass is 35.5. The van der Waals surface area contributed by atoms with Crippen molar-refractivity contribution in [2.45, 2.75) is 0 Å². The number of halogens is 1. The summed E-state index contributed by atoms with van der Waals surface area (Å²) in [6.45, 7) is 0. The lowest BCUT2D eigenvalue weighted by Gasteiger charge is -2.10. The summed E-state index contributed by atoms with van der Waals surface area (Å²) in [6, 6.07) is 9.68. The number of benzene rings is 2. The topological polar surface area (TPSA) is 98.7 Å². The second-order valence-electron chi connectivity index (χ2n) is 4.10. The first-order chi connectivity index (χ1) is 9.97. The molecule has 0 saturated heterocycles. The van der Waals surface area contributed by atoms with Crippen molar-refractivity contribution >= 4 is 35.0 Å². The summed E-state index contributed by atoms with van der Waals surface area (Å²) in [5.41, 5.74) is 0.424. The second-order valence-corrected chi connectivity index (χ2v) is 4.50. The van der Waals surface area contributed by atoms with Gasteiger partial charge in [-0.2, -0.15) is 0 Å². The molecule has 0 unspecified atom stereocenters. The largest absolute Gasteiger partial charge is 0.506 e. The van der Waals surface area contributed by atoms with Crippen LogP contribution < -0.4 is 10.6 Å². The van der Waals surface area contributed by atoms with E-state index in [0.717, 1.165) is 6.07 Å². The molecule has 4 N–H and O–H groups in total. The summed E-state index contributed by atoms with van der Waals surface area (Å²) < 4.78 is 0. The monoisotopic (exact) mass is 306 g/mol. The highest BCUT2D eigenvalue weighted by Gasteiger charge is 2.11. The van der Waals surface area contributed by atoms with Gasteiger partial charge >= 0.3 is 12.0 Å². The highest BCUT2D eigenvalue weighted by Crippen LogP contribution is 2.25. The smallest absolute Gasteiger partial charge is 0.335 e. The number of aromatic carboxylic acids is 1. The number of carbonyl (C=O) groups is 2. The van der Waals surface area contributed by atoms with Crippen LogP contribution in [0.4, 0.5) is 16.2 Å². The molecule has 0 radical (unpaired) electrons. The van der Waals surface area contributed by atoms with Crippen molar-refractivity contribution in [2.75, 3.05) is 10.6 Å². The lowest BCUT2D eigenvalue weighted by atomic mass is 10.2. The summed E-state index contributed by atoms with van der Waals surface area (Å²) in [5.74, 6) is -1.51. The first-order valence-electron chi connectivity index (χ1n) is 5.86. The van der Waals surface area contributed by atoms with Crippen molar-refractivity contribution in [3.8, 4) is 5.75 Å². The lowest BCUT2D eigenvalue weighted by Crippen LogP contribution is -2.19. The van der Waals surface area contributed by atoms with Crippen LogP contribution in [0, 0.1) is 0 Å². The standard InChI is InChI=1S/C14H11ClN2O4/c15-9-3-1-2-4-10(9)16-14(21)17-11-6-5-8(13(19)20)7-12(11)18/h1-7,18H,(H,19,20)(H2,16,17,21). The number of phenols is 1. The van der Waals surface area contributed by atoms with E-state index in [1.54, 1.807) is 24.3 Å². The number of carboxylic acid groups (broad SMARTS) is 1. The molecule has 0 fully saturated rings. The van der Waals surface area contributed by atoms with Crippen LogP contribution in [-0.2, 0) is 0 Å². The highest BCUT2D eigenvalue weighted by molar-refractivity contribution is 6.33. The van der Waals surface area contributed by atoms with Crippen molar-refractivity contribution in [3.63, 3.8) is 0 Å². The molecule has 2 aromatic rings. The Morgan fingerprint density at radius 3 is 2.29 bits per heavy atom. The van der Waals surface area contributed by atoms with E-state index in [2.05, 4.69) is 10.6 Å². The Kier molecular flexibility index (Phi) is 4.30. The number of amides is 2. The number of anilines is 2. The zero-order valence-electron chi connectivity index (χ0n) is 10.6. The molecule has 0 aliphatic carbocycles. The Morgan fingerprint density at radius 1 is 1.00 bits per heavy atom. The van der Waals surface area contributed by atoms with Crippen molar-refractivity contribution in [1.29, 1.82) is 0 Å². The molecule has 0 aromatic heterocycles. The maximum atomic E-state index is 11.8. The van der Waals surface area contributed by atoms with Crippen LogP contribution in [0.5, 0.6) is 5.75 Å². The SMILES string of the molecule is O=C(Nc1ccc(C(=O)O)cc1O)Nc1ccccc1Cl. The van der Waals surface area contributed by atoms with Crippen LogP contribution in [-0.4, -0.2) is 22.2 Å². The third-order valence-corrected chi connectivity index (χ3v) is 2.94. The normalized spacial score (nSPS) is 9.95.